The summed E-state index contributed by atoms with van der Waals surface area (Å²) in [6.07, 6.45) is 2.19. The van der Waals surface area contributed by atoms with E-state index in [2.05, 4.69) is 12.1 Å². The number of ketones is 1. The largest absolute Gasteiger partial charge is 0.512 e. The lowest BCUT2D eigenvalue weighted by Gasteiger charge is -2.26. The van der Waals surface area contributed by atoms with Gasteiger partial charge < -0.3 is 14.6 Å². The van der Waals surface area contributed by atoms with Crippen molar-refractivity contribution in [3.63, 3.8) is 0 Å². The molecule has 0 aliphatic heterocycles. The molecule has 0 heterocycles. The molecular formula is C27H33NO4. The molecule has 5 nitrogen and oxygen atoms in total. The molecule has 1 atom stereocenters. The van der Waals surface area contributed by atoms with Crippen molar-refractivity contribution in [1.29, 1.82) is 0 Å². The molecule has 1 aliphatic rings. The van der Waals surface area contributed by atoms with Gasteiger partial charge in [-0.3, -0.25) is 9.79 Å². The quantitative estimate of drug-likeness (QED) is 0.397. The van der Waals surface area contributed by atoms with Crippen LogP contribution < -0.4 is 9.47 Å². The number of aliphatic imine (C=N–C) groups is 1. The Kier molecular flexibility index (Phi) is 8.48. The molecule has 1 aliphatic carbocycles. The van der Waals surface area contributed by atoms with Crippen molar-refractivity contribution in [3.8, 4) is 11.5 Å². The minimum Gasteiger partial charge on any atom is -0.512 e. The summed E-state index contributed by atoms with van der Waals surface area (Å²) in [5, 5.41) is 10.4. The van der Waals surface area contributed by atoms with Crippen LogP contribution in [0.5, 0.6) is 11.5 Å². The van der Waals surface area contributed by atoms with E-state index in [9.17, 15) is 9.90 Å². The predicted octanol–water partition coefficient (Wildman–Crippen LogP) is 5.84. The number of nitrogens with zero attached hydrogens (tertiary/aromatic N) is 1. The average Bonchev–Trinajstić information content (AvgIpc) is 2.81. The molecule has 0 spiro atoms. The topological polar surface area (TPSA) is 68.1 Å². The van der Waals surface area contributed by atoms with Crippen molar-refractivity contribution in [2.75, 3.05) is 19.8 Å². The first-order chi connectivity index (χ1) is 15.6. The summed E-state index contributed by atoms with van der Waals surface area (Å²) >= 11 is 0. The fourth-order valence-electron chi connectivity index (χ4n) is 4.07. The van der Waals surface area contributed by atoms with Crippen molar-refractivity contribution in [3.05, 3.63) is 71.0 Å². The van der Waals surface area contributed by atoms with Crippen molar-refractivity contribution < 1.29 is 19.4 Å². The number of Topliss-reactive ketones (excluding diaryl/α,β-unsaturated/α-hetero) is 1. The van der Waals surface area contributed by atoms with Crippen LogP contribution in [-0.2, 0) is 11.2 Å². The molecular weight excluding hydrogens is 402 g/mol. The summed E-state index contributed by atoms with van der Waals surface area (Å²) in [6.45, 7) is 7.44. The van der Waals surface area contributed by atoms with Crippen LogP contribution in [0.15, 0.2) is 64.9 Å². The highest BCUT2D eigenvalue weighted by Crippen LogP contribution is 2.34. The van der Waals surface area contributed by atoms with Crippen LogP contribution in [0.1, 0.15) is 57.1 Å². The van der Waals surface area contributed by atoms with Gasteiger partial charge in [0.15, 0.2) is 17.3 Å². The zero-order valence-electron chi connectivity index (χ0n) is 19.3. The van der Waals surface area contributed by atoms with Gasteiger partial charge in [0.1, 0.15) is 5.76 Å². The summed E-state index contributed by atoms with van der Waals surface area (Å²) in [6, 6.07) is 16.0. The van der Waals surface area contributed by atoms with Crippen molar-refractivity contribution >= 4 is 11.5 Å². The van der Waals surface area contributed by atoms with Gasteiger partial charge in [-0.05, 0) is 55.9 Å². The number of allylic oxidation sites excluding steroid dienone is 2. The summed E-state index contributed by atoms with van der Waals surface area (Å²) in [4.78, 5) is 17.7. The third-order valence-corrected chi connectivity index (χ3v) is 5.64. The smallest absolute Gasteiger partial charge is 0.168 e. The molecule has 5 heteroatoms. The van der Waals surface area contributed by atoms with Crippen LogP contribution in [0, 0.1) is 0 Å². The molecule has 1 unspecified atom stereocenters. The number of rotatable bonds is 9. The monoisotopic (exact) mass is 435 g/mol. The Morgan fingerprint density at radius 2 is 1.72 bits per heavy atom. The third-order valence-electron chi connectivity index (χ3n) is 5.64. The van der Waals surface area contributed by atoms with Crippen molar-refractivity contribution in [2.24, 2.45) is 4.99 Å². The number of carbonyl (C=O) groups excluding carboxylic acids is 1. The van der Waals surface area contributed by atoms with Crippen molar-refractivity contribution in [2.45, 2.75) is 52.4 Å². The molecule has 2 aromatic carbocycles. The van der Waals surface area contributed by atoms with Gasteiger partial charge in [-0.15, -0.1) is 0 Å². The number of ether oxygens (including phenoxy) is 2. The molecule has 170 valence electrons. The minimum absolute atomic E-state index is 0.0251. The van der Waals surface area contributed by atoms with E-state index in [4.69, 9.17) is 14.5 Å². The standard InChI is InChI=1S/C27H33NO4/c1-4-23(29)27-22(17-21(18-24(27)30)20-10-8-7-9-11-20)28-15-14-19-12-13-25(31-5-2)26(16-19)32-6-3/h7-13,16,21,29H,4-6,14-15,17-18H2,1-3H3. The van der Waals surface area contributed by atoms with Crippen LogP contribution in [0.4, 0.5) is 0 Å². The summed E-state index contributed by atoms with van der Waals surface area (Å²) < 4.78 is 11.4. The molecule has 1 fully saturated rings. The molecule has 1 saturated carbocycles. The number of carbonyl (C=O) groups is 1. The second-order valence-corrected chi connectivity index (χ2v) is 7.84. The number of hydrogen-bond donors (Lipinski definition) is 1. The lowest BCUT2D eigenvalue weighted by molar-refractivity contribution is -0.115. The zero-order valence-corrected chi connectivity index (χ0v) is 19.3. The van der Waals surface area contributed by atoms with Crippen LogP contribution in [0.25, 0.3) is 0 Å². The maximum atomic E-state index is 12.9. The second kappa shape index (κ2) is 11.5. The first-order valence-corrected chi connectivity index (χ1v) is 11.5. The highest BCUT2D eigenvalue weighted by molar-refractivity contribution is 6.24. The normalized spacial score (nSPS) is 19.2. The minimum atomic E-state index is -0.0251. The highest BCUT2D eigenvalue weighted by atomic mass is 16.5. The average molecular weight is 436 g/mol. The maximum absolute atomic E-state index is 12.9. The summed E-state index contributed by atoms with van der Waals surface area (Å²) in [5.41, 5.74) is 3.36. The molecule has 3 rings (SSSR count). The Bertz CT molecular complexity index is 978. The maximum Gasteiger partial charge on any atom is 0.168 e. The van der Waals surface area contributed by atoms with E-state index in [-0.39, 0.29) is 17.5 Å². The summed E-state index contributed by atoms with van der Waals surface area (Å²) in [5.74, 6) is 1.68. The Morgan fingerprint density at radius 3 is 2.41 bits per heavy atom. The van der Waals surface area contributed by atoms with E-state index in [1.165, 1.54) is 0 Å². The van der Waals surface area contributed by atoms with Gasteiger partial charge in [0.2, 0.25) is 0 Å². The van der Waals surface area contributed by atoms with Gasteiger partial charge in [0.25, 0.3) is 0 Å². The molecule has 0 amide bonds. The Hall–Kier alpha value is -3.08. The fraction of sp³-hybridized carbons (Fsp3) is 0.407. The van der Waals surface area contributed by atoms with Crippen molar-refractivity contribution in [1.82, 2.24) is 0 Å². The summed E-state index contributed by atoms with van der Waals surface area (Å²) in [7, 11) is 0. The van der Waals surface area contributed by atoms with Crippen LogP contribution in [0.2, 0.25) is 0 Å². The van der Waals surface area contributed by atoms with Gasteiger partial charge in [0.05, 0.1) is 18.8 Å². The van der Waals surface area contributed by atoms with E-state index in [0.29, 0.717) is 56.7 Å². The van der Waals surface area contributed by atoms with E-state index in [0.717, 1.165) is 22.6 Å². The van der Waals surface area contributed by atoms with Gasteiger partial charge >= 0.3 is 0 Å². The van der Waals surface area contributed by atoms with Crippen LogP contribution >= 0.6 is 0 Å². The predicted molar refractivity (Wildman–Crippen MR) is 128 cm³/mol. The first kappa shape index (κ1) is 23.6. The molecule has 1 N–H and O–H groups in total. The lowest BCUT2D eigenvalue weighted by atomic mass is 9.79. The second-order valence-electron chi connectivity index (χ2n) is 7.84. The zero-order chi connectivity index (χ0) is 22.9. The van der Waals surface area contributed by atoms with E-state index in [1.807, 2.05) is 57.2 Å². The number of aliphatic hydroxyl groups is 1. The van der Waals surface area contributed by atoms with Gasteiger partial charge in [-0.1, -0.05) is 43.3 Å². The number of aliphatic hydroxyl groups excluding tert-OH is 1. The lowest BCUT2D eigenvalue weighted by Crippen LogP contribution is -2.27. The first-order valence-electron chi connectivity index (χ1n) is 11.5. The van der Waals surface area contributed by atoms with Crippen LogP contribution in [-0.4, -0.2) is 36.4 Å². The van der Waals surface area contributed by atoms with E-state index in [1.54, 1.807) is 0 Å². The molecule has 2 aromatic rings. The molecule has 0 bridgehead atoms. The van der Waals surface area contributed by atoms with Gasteiger partial charge in [-0.2, -0.15) is 0 Å². The van der Waals surface area contributed by atoms with E-state index >= 15 is 0 Å². The molecule has 0 saturated heterocycles. The molecule has 0 radical (unpaired) electrons. The number of benzene rings is 2. The Labute approximate surface area is 190 Å². The third kappa shape index (κ3) is 5.78. The number of hydrogen-bond acceptors (Lipinski definition) is 5. The van der Waals surface area contributed by atoms with Gasteiger partial charge in [-0.25, -0.2) is 0 Å². The Morgan fingerprint density at radius 1 is 1.00 bits per heavy atom. The molecule has 0 aromatic heterocycles. The molecule has 32 heavy (non-hydrogen) atoms. The SMILES string of the molecule is CCOc1ccc(CCN=C2CC(c3ccccc3)CC(=O)C2=C(O)CC)cc1OCC. The van der Waals surface area contributed by atoms with Crippen LogP contribution in [0.3, 0.4) is 0 Å². The van der Waals surface area contributed by atoms with Gasteiger partial charge in [0, 0.05) is 25.1 Å². The fourth-order valence-corrected chi connectivity index (χ4v) is 4.07. The highest BCUT2D eigenvalue weighted by Gasteiger charge is 2.31. The van der Waals surface area contributed by atoms with E-state index < -0.39 is 0 Å². The Balaban J connectivity index is 1.80.